The number of fused-ring (bicyclic) bond motifs is 3. The number of aromatic nitrogens is 8. The van der Waals surface area contributed by atoms with Gasteiger partial charge in [-0.1, -0.05) is 43.7 Å². The number of rotatable bonds is 6. The Labute approximate surface area is 193 Å². The molecule has 2 aliphatic carbocycles. The fourth-order valence-corrected chi connectivity index (χ4v) is 5.81. The molecule has 6 rings (SSSR count). The number of nitrogens with zero attached hydrogens (tertiary/aromatic N) is 9. The minimum Gasteiger partial charge on any atom is -0.288 e. The SMILES string of the molecule is Cc1ccc2c(c1)cc(CN(Cc1nnnn1C1CCCC1)C1CCCCC1)c1nnnn12. The van der Waals surface area contributed by atoms with Crippen LogP contribution in [0, 0.1) is 6.92 Å². The van der Waals surface area contributed by atoms with Gasteiger partial charge in [-0.15, -0.1) is 10.2 Å². The predicted molar refractivity (Wildman–Crippen MR) is 124 cm³/mol. The van der Waals surface area contributed by atoms with Gasteiger partial charge in [0.1, 0.15) is 0 Å². The van der Waals surface area contributed by atoms with Gasteiger partial charge in [0, 0.05) is 23.5 Å². The van der Waals surface area contributed by atoms with Crippen LogP contribution in [-0.4, -0.2) is 51.2 Å². The highest BCUT2D eigenvalue weighted by molar-refractivity contribution is 5.83. The van der Waals surface area contributed by atoms with Gasteiger partial charge in [0.25, 0.3) is 0 Å². The molecule has 172 valence electrons. The van der Waals surface area contributed by atoms with Crippen molar-refractivity contribution < 1.29 is 0 Å². The van der Waals surface area contributed by atoms with E-state index in [0.717, 1.165) is 35.6 Å². The first kappa shape index (κ1) is 20.7. The Balaban J connectivity index is 1.37. The largest absolute Gasteiger partial charge is 0.288 e. The number of benzene rings is 1. The molecule has 3 heterocycles. The summed E-state index contributed by atoms with van der Waals surface area (Å²) in [5, 5.41) is 26.8. The second-order valence-corrected chi connectivity index (χ2v) is 9.82. The first-order valence-corrected chi connectivity index (χ1v) is 12.4. The summed E-state index contributed by atoms with van der Waals surface area (Å²) < 4.78 is 3.98. The van der Waals surface area contributed by atoms with Crippen molar-refractivity contribution in [2.75, 3.05) is 0 Å². The summed E-state index contributed by atoms with van der Waals surface area (Å²) in [4.78, 5) is 2.57. The average molecular weight is 446 g/mol. The van der Waals surface area contributed by atoms with Gasteiger partial charge >= 0.3 is 0 Å². The zero-order valence-corrected chi connectivity index (χ0v) is 19.3. The van der Waals surface area contributed by atoms with Crippen LogP contribution in [0.1, 0.15) is 80.8 Å². The summed E-state index contributed by atoms with van der Waals surface area (Å²) in [5.74, 6) is 0.986. The number of hydrogen-bond acceptors (Lipinski definition) is 7. The Kier molecular flexibility index (Phi) is 5.49. The van der Waals surface area contributed by atoms with Crippen LogP contribution in [0.25, 0.3) is 16.6 Å². The van der Waals surface area contributed by atoms with Gasteiger partial charge in [0.2, 0.25) is 0 Å². The van der Waals surface area contributed by atoms with E-state index < -0.39 is 0 Å². The van der Waals surface area contributed by atoms with E-state index >= 15 is 0 Å². The summed E-state index contributed by atoms with van der Waals surface area (Å²) in [7, 11) is 0. The first-order chi connectivity index (χ1) is 16.3. The van der Waals surface area contributed by atoms with Crippen LogP contribution in [0.4, 0.5) is 0 Å². The van der Waals surface area contributed by atoms with Crippen molar-refractivity contribution >= 4 is 16.6 Å². The summed E-state index contributed by atoms with van der Waals surface area (Å²) in [6.07, 6.45) is 11.2. The molecular formula is C24H31N9. The number of pyridine rings is 1. The molecule has 2 fully saturated rings. The van der Waals surface area contributed by atoms with Crippen molar-refractivity contribution in [3.63, 3.8) is 0 Å². The van der Waals surface area contributed by atoms with Crippen LogP contribution in [0.3, 0.4) is 0 Å². The molecule has 0 N–H and O–H groups in total. The highest BCUT2D eigenvalue weighted by Crippen LogP contribution is 2.31. The van der Waals surface area contributed by atoms with Crippen molar-refractivity contribution in [3.8, 4) is 0 Å². The number of aryl methyl sites for hydroxylation is 1. The third-order valence-corrected chi connectivity index (χ3v) is 7.54. The summed E-state index contributed by atoms with van der Waals surface area (Å²) in [6.45, 7) is 3.67. The second kappa shape index (κ2) is 8.78. The maximum Gasteiger partial charge on any atom is 0.184 e. The zero-order valence-electron chi connectivity index (χ0n) is 19.3. The predicted octanol–water partition coefficient (Wildman–Crippen LogP) is 4.02. The topological polar surface area (TPSA) is 89.9 Å². The van der Waals surface area contributed by atoms with Crippen molar-refractivity contribution in [1.82, 2.24) is 45.1 Å². The van der Waals surface area contributed by atoms with Gasteiger partial charge in [-0.25, -0.2) is 4.68 Å². The number of tetrazole rings is 2. The monoisotopic (exact) mass is 445 g/mol. The molecule has 1 aromatic carbocycles. The normalized spacial score (nSPS) is 18.2. The Morgan fingerprint density at radius 1 is 0.879 bits per heavy atom. The maximum atomic E-state index is 4.47. The zero-order chi connectivity index (χ0) is 22.2. The fourth-order valence-electron chi connectivity index (χ4n) is 5.81. The summed E-state index contributed by atoms with van der Waals surface area (Å²) in [5.41, 5.74) is 4.27. The van der Waals surface area contributed by atoms with Crippen LogP contribution in [0.15, 0.2) is 24.3 Å². The van der Waals surface area contributed by atoms with Crippen LogP contribution < -0.4 is 0 Å². The highest BCUT2D eigenvalue weighted by Gasteiger charge is 2.27. The molecule has 3 aromatic heterocycles. The quantitative estimate of drug-likeness (QED) is 0.443. The molecule has 9 heteroatoms. The molecule has 0 bridgehead atoms. The molecule has 4 aromatic rings. The summed E-state index contributed by atoms with van der Waals surface area (Å²) in [6, 6.07) is 9.66. The molecule has 2 saturated carbocycles. The van der Waals surface area contributed by atoms with Gasteiger partial charge in [0.05, 0.1) is 18.1 Å². The molecule has 0 atom stereocenters. The van der Waals surface area contributed by atoms with E-state index in [9.17, 15) is 0 Å². The highest BCUT2D eigenvalue weighted by atomic mass is 15.6. The van der Waals surface area contributed by atoms with E-state index in [4.69, 9.17) is 0 Å². The molecule has 0 radical (unpaired) electrons. The van der Waals surface area contributed by atoms with E-state index in [1.54, 1.807) is 0 Å². The lowest BCUT2D eigenvalue weighted by Crippen LogP contribution is -2.37. The van der Waals surface area contributed by atoms with Crippen molar-refractivity contribution in [2.24, 2.45) is 0 Å². The Bertz CT molecular complexity index is 1250. The third-order valence-electron chi connectivity index (χ3n) is 7.54. The standard InChI is InChI=1S/C24H31N9/c1-17-11-12-22-18(13-17)14-19(24-26-28-30-33(22)24)15-31(20-7-3-2-4-8-20)16-23-25-27-29-32(23)21-9-5-6-10-21/h11-14,20-21H,2-10,15-16H2,1H3. The van der Waals surface area contributed by atoms with E-state index in [-0.39, 0.29) is 0 Å². The molecule has 0 unspecified atom stereocenters. The minimum atomic E-state index is 0.444. The third kappa shape index (κ3) is 3.99. The van der Waals surface area contributed by atoms with Gasteiger partial charge < -0.3 is 0 Å². The first-order valence-electron chi connectivity index (χ1n) is 12.4. The van der Waals surface area contributed by atoms with Crippen molar-refractivity contribution in [2.45, 2.75) is 89.9 Å². The molecule has 0 spiro atoms. The van der Waals surface area contributed by atoms with Gasteiger partial charge in [-0.3, -0.25) is 4.90 Å². The van der Waals surface area contributed by atoms with Crippen LogP contribution in [0.5, 0.6) is 0 Å². The lowest BCUT2D eigenvalue weighted by Gasteiger charge is -2.34. The molecule has 33 heavy (non-hydrogen) atoms. The fraction of sp³-hybridized carbons (Fsp3) is 0.583. The molecule has 0 amide bonds. The van der Waals surface area contributed by atoms with E-state index in [1.807, 2.05) is 4.52 Å². The van der Waals surface area contributed by atoms with Crippen LogP contribution in [-0.2, 0) is 13.1 Å². The molecular weight excluding hydrogens is 414 g/mol. The van der Waals surface area contributed by atoms with Gasteiger partial charge in [-0.2, -0.15) is 4.52 Å². The lowest BCUT2D eigenvalue weighted by molar-refractivity contribution is 0.133. The number of hydrogen-bond donors (Lipinski definition) is 0. The molecule has 0 aliphatic heterocycles. The van der Waals surface area contributed by atoms with Crippen molar-refractivity contribution in [1.29, 1.82) is 0 Å². The smallest absolute Gasteiger partial charge is 0.184 e. The maximum absolute atomic E-state index is 4.47. The molecule has 9 nitrogen and oxygen atoms in total. The molecule has 0 saturated heterocycles. The van der Waals surface area contributed by atoms with Gasteiger partial charge in [0.15, 0.2) is 11.5 Å². The Morgan fingerprint density at radius 3 is 2.52 bits per heavy atom. The van der Waals surface area contributed by atoms with Crippen LogP contribution in [0.2, 0.25) is 0 Å². The Hall–Kier alpha value is -2.94. The van der Waals surface area contributed by atoms with E-state index in [0.29, 0.717) is 12.1 Å². The second-order valence-electron chi connectivity index (χ2n) is 9.82. The minimum absolute atomic E-state index is 0.444. The average Bonchev–Trinajstić information content (AvgIpc) is 3.60. The summed E-state index contributed by atoms with van der Waals surface area (Å²) >= 11 is 0. The Morgan fingerprint density at radius 2 is 1.67 bits per heavy atom. The van der Waals surface area contributed by atoms with E-state index in [1.165, 1.54) is 68.7 Å². The van der Waals surface area contributed by atoms with Crippen LogP contribution >= 0.6 is 0 Å². The van der Waals surface area contributed by atoms with E-state index in [2.05, 4.69) is 71.8 Å². The van der Waals surface area contributed by atoms with Crippen molar-refractivity contribution in [3.05, 3.63) is 41.2 Å². The van der Waals surface area contributed by atoms with Gasteiger partial charge in [-0.05, 0) is 71.7 Å². The lowest BCUT2D eigenvalue weighted by atomic mass is 9.93. The molecule has 2 aliphatic rings.